The van der Waals surface area contributed by atoms with Crippen LogP contribution in [0.2, 0.25) is 15.1 Å². The number of benzene rings is 3. The summed E-state index contributed by atoms with van der Waals surface area (Å²) in [5.74, 6) is -0.103. The summed E-state index contributed by atoms with van der Waals surface area (Å²) >= 11 is 21.6. The SMILES string of the molecule is COc1ccc(NC(=O)CN(Cc2ccc(Cl)cc2Cl)S(=O)(=O)c2ccc(Br)cc2)cc1Cl. The number of methoxy groups -OCH3 is 1. The molecule has 0 saturated carbocycles. The van der Waals surface area contributed by atoms with Crippen molar-refractivity contribution < 1.29 is 17.9 Å². The Morgan fingerprint density at radius 3 is 2.30 bits per heavy atom. The minimum atomic E-state index is -4.04. The highest BCUT2D eigenvalue weighted by Crippen LogP contribution is 2.28. The number of sulfonamides is 1. The standard InChI is InChI=1S/C22H18BrCl3N2O4S/c1-32-21-9-6-17(11-20(21)26)27-22(29)13-28(12-14-2-5-16(24)10-19(14)25)33(30,31)18-7-3-15(23)4-8-18/h2-11H,12-13H2,1H3,(H,27,29). The van der Waals surface area contributed by atoms with E-state index in [2.05, 4.69) is 21.2 Å². The molecule has 6 nitrogen and oxygen atoms in total. The topological polar surface area (TPSA) is 75.7 Å². The lowest BCUT2D eigenvalue weighted by Gasteiger charge is -2.22. The summed E-state index contributed by atoms with van der Waals surface area (Å²) in [6, 6.07) is 15.6. The third-order valence-corrected chi connectivity index (χ3v) is 7.79. The Balaban J connectivity index is 1.89. The normalized spacial score (nSPS) is 11.5. The van der Waals surface area contributed by atoms with Gasteiger partial charge in [0.1, 0.15) is 5.75 Å². The van der Waals surface area contributed by atoms with Crippen LogP contribution in [-0.2, 0) is 21.4 Å². The molecule has 0 saturated heterocycles. The van der Waals surface area contributed by atoms with E-state index in [1.165, 1.54) is 31.4 Å². The number of nitrogens with zero attached hydrogens (tertiary/aromatic N) is 1. The first-order valence-electron chi connectivity index (χ1n) is 9.43. The predicted molar refractivity (Wildman–Crippen MR) is 135 cm³/mol. The minimum Gasteiger partial charge on any atom is -0.495 e. The lowest BCUT2D eigenvalue weighted by atomic mass is 10.2. The number of ether oxygens (including phenoxy) is 1. The average Bonchev–Trinajstić information content (AvgIpc) is 2.75. The average molecular weight is 593 g/mol. The van der Waals surface area contributed by atoms with Crippen molar-refractivity contribution in [1.29, 1.82) is 0 Å². The number of nitrogens with one attached hydrogen (secondary N) is 1. The molecule has 33 heavy (non-hydrogen) atoms. The van der Waals surface area contributed by atoms with Gasteiger partial charge in [-0.1, -0.05) is 56.8 Å². The van der Waals surface area contributed by atoms with E-state index in [1.54, 1.807) is 36.4 Å². The fourth-order valence-corrected chi connectivity index (χ4v) is 5.29. The van der Waals surface area contributed by atoms with E-state index in [1.807, 2.05) is 0 Å². The van der Waals surface area contributed by atoms with E-state index in [-0.39, 0.29) is 11.4 Å². The van der Waals surface area contributed by atoms with Crippen molar-refractivity contribution in [3.63, 3.8) is 0 Å². The van der Waals surface area contributed by atoms with E-state index in [9.17, 15) is 13.2 Å². The van der Waals surface area contributed by atoms with E-state index in [0.29, 0.717) is 32.1 Å². The number of rotatable bonds is 8. The summed E-state index contributed by atoms with van der Waals surface area (Å²) in [7, 11) is -2.56. The highest BCUT2D eigenvalue weighted by atomic mass is 79.9. The van der Waals surface area contributed by atoms with Crippen LogP contribution in [0.25, 0.3) is 0 Å². The first-order valence-corrected chi connectivity index (χ1v) is 12.8. The zero-order valence-corrected chi connectivity index (χ0v) is 21.9. The van der Waals surface area contributed by atoms with E-state index in [0.717, 1.165) is 8.78 Å². The van der Waals surface area contributed by atoms with E-state index >= 15 is 0 Å². The lowest BCUT2D eigenvalue weighted by Crippen LogP contribution is -2.37. The van der Waals surface area contributed by atoms with Gasteiger partial charge in [0, 0.05) is 26.8 Å². The number of carbonyl (C=O) groups is 1. The maximum absolute atomic E-state index is 13.4. The molecule has 1 amide bonds. The van der Waals surface area contributed by atoms with Crippen LogP contribution < -0.4 is 10.1 Å². The van der Waals surface area contributed by atoms with Crippen molar-refractivity contribution in [2.24, 2.45) is 0 Å². The van der Waals surface area contributed by atoms with Gasteiger partial charge in [-0.05, 0) is 60.2 Å². The number of hydrogen-bond donors (Lipinski definition) is 1. The Hall–Kier alpha value is -1.81. The van der Waals surface area contributed by atoms with Crippen LogP contribution in [0.4, 0.5) is 5.69 Å². The van der Waals surface area contributed by atoms with Crippen LogP contribution in [0.3, 0.4) is 0 Å². The highest BCUT2D eigenvalue weighted by molar-refractivity contribution is 9.10. The Labute approximate surface area is 215 Å². The van der Waals surface area contributed by atoms with Crippen LogP contribution >= 0.6 is 50.7 Å². The summed E-state index contributed by atoms with van der Waals surface area (Å²) in [6.45, 7) is -0.591. The van der Waals surface area contributed by atoms with E-state index < -0.39 is 22.5 Å². The van der Waals surface area contributed by atoms with Crippen molar-refractivity contribution in [2.45, 2.75) is 11.4 Å². The third kappa shape index (κ3) is 6.62. The van der Waals surface area contributed by atoms with Crippen molar-refractivity contribution in [3.8, 4) is 5.75 Å². The first-order chi connectivity index (χ1) is 15.6. The van der Waals surface area contributed by atoms with Gasteiger partial charge in [-0.3, -0.25) is 4.79 Å². The molecule has 0 bridgehead atoms. The van der Waals surface area contributed by atoms with Gasteiger partial charge in [0.05, 0.1) is 23.6 Å². The third-order valence-electron chi connectivity index (χ3n) is 4.57. The van der Waals surface area contributed by atoms with Gasteiger partial charge < -0.3 is 10.1 Å². The molecule has 11 heteroatoms. The van der Waals surface area contributed by atoms with Crippen molar-refractivity contribution in [1.82, 2.24) is 4.31 Å². The molecule has 3 aromatic rings. The van der Waals surface area contributed by atoms with Crippen LogP contribution in [0.15, 0.2) is 70.0 Å². The van der Waals surface area contributed by atoms with Gasteiger partial charge in [-0.2, -0.15) is 4.31 Å². The van der Waals surface area contributed by atoms with Gasteiger partial charge >= 0.3 is 0 Å². The van der Waals surface area contributed by atoms with Gasteiger partial charge in [-0.15, -0.1) is 0 Å². The molecule has 0 fully saturated rings. The Morgan fingerprint density at radius 1 is 1.00 bits per heavy atom. The smallest absolute Gasteiger partial charge is 0.243 e. The predicted octanol–water partition coefficient (Wildman–Crippen LogP) is 6.25. The molecule has 0 aliphatic carbocycles. The summed E-state index contributed by atoms with van der Waals surface area (Å²) in [5.41, 5.74) is 0.901. The second kappa shape index (κ2) is 11.1. The maximum atomic E-state index is 13.4. The lowest BCUT2D eigenvalue weighted by molar-refractivity contribution is -0.116. The zero-order valence-electron chi connectivity index (χ0n) is 17.2. The second-order valence-corrected chi connectivity index (χ2v) is 11.0. The molecule has 0 atom stereocenters. The van der Waals surface area contributed by atoms with E-state index in [4.69, 9.17) is 39.5 Å². The quantitative estimate of drug-likeness (QED) is 0.336. The summed E-state index contributed by atoms with van der Waals surface area (Å²) in [6.07, 6.45) is 0. The number of halogens is 4. The van der Waals surface area contributed by atoms with Crippen LogP contribution in [0.1, 0.15) is 5.56 Å². The van der Waals surface area contributed by atoms with Gasteiger partial charge in [0.2, 0.25) is 15.9 Å². The number of hydrogen-bond acceptors (Lipinski definition) is 4. The fourth-order valence-electron chi connectivity index (χ4n) is 2.93. The molecule has 174 valence electrons. The summed E-state index contributed by atoms with van der Waals surface area (Å²) in [4.78, 5) is 12.8. The van der Waals surface area contributed by atoms with Crippen molar-refractivity contribution in [3.05, 3.63) is 85.8 Å². The van der Waals surface area contributed by atoms with Crippen LogP contribution in [0, 0.1) is 0 Å². The Kier molecular flexibility index (Phi) is 8.66. The summed E-state index contributed by atoms with van der Waals surface area (Å²) < 4.78 is 33.6. The largest absolute Gasteiger partial charge is 0.495 e. The molecular weight excluding hydrogens is 575 g/mol. The van der Waals surface area contributed by atoms with Gasteiger partial charge in [-0.25, -0.2) is 8.42 Å². The second-order valence-electron chi connectivity index (χ2n) is 6.86. The number of carbonyl (C=O) groups excluding carboxylic acids is 1. The first kappa shape index (κ1) is 25.8. The summed E-state index contributed by atoms with van der Waals surface area (Å²) in [5, 5.41) is 3.68. The number of anilines is 1. The molecule has 0 spiro atoms. The van der Waals surface area contributed by atoms with Gasteiger partial charge in [0.15, 0.2) is 0 Å². The van der Waals surface area contributed by atoms with Gasteiger partial charge in [0.25, 0.3) is 0 Å². The van der Waals surface area contributed by atoms with Crippen molar-refractivity contribution in [2.75, 3.05) is 19.0 Å². The molecule has 0 heterocycles. The Morgan fingerprint density at radius 2 is 1.70 bits per heavy atom. The van der Waals surface area contributed by atoms with Crippen LogP contribution in [0.5, 0.6) is 5.75 Å². The fraction of sp³-hybridized carbons (Fsp3) is 0.136. The molecule has 0 aliphatic heterocycles. The van der Waals surface area contributed by atoms with Crippen molar-refractivity contribution >= 4 is 72.4 Å². The molecule has 3 aromatic carbocycles. The molecule has 3 rings (SSSR count). The number of amides is 1. The maximum Gasteiger partial charge on any atom is 0.243 e. The van der Waals surface area contributed by atoms with Crippen LogP contribution in [-0.4, -0.2) is 32.3 Å². The molecule has 0 radical (unpaired) electrons. The molecule has 0 unspecified atom stereocenters. The molecule has 1 N–H and O–H groups in total. The minimum absolute atomic E-state index is 0.0380. The Bertz CT molecular complexity index is 1270. The molecule has 0 aliphatic rings. The zero-order chi connectivity index (χ0) is 24.2. The monoisotopic (exact) mass is 590 g/mol. The molecule has 0 aromatic heterocycles. The highest BCUT2D eigenvalue weighted by Gasteiger charge is 2.28. The molecular formula is C22H18BrCl3N2O4S.